The summed E-state index contributed by atoms with van der Waals surface area (Å²) in [6, 6.07) is 7.19. The van der Waals surface area contributed by atoms with Gasteiger partial charge in [-0.3, -0.25) is 4.99 Å². The molecule has 1 aromatic heterocycles. The summed E-state index contributed by atoms with van der Waals surface area (Å²) in [5, 5.41) is 6.95. The van der Waals surface area contributed by atoms with Gasteiger partial charge in [-0.15, -0.1) is 0 Å². The van der Waals surface area contributed by atoms with E-state index >= 15 is 0 Å². The number of aliphatic imine (C=N–C) groups is 1. The molecule has 1 fully saturated rings. The van der Waals surface area contributed by atoms with E-state index in [1.807, 2.05) is 44.2 Å². The zero-order valence-corrected chi connectivity index (χ0v) is 15.7. The Morgan fingerprint density at radius 2 is 2.21 bits per heavy atom. The third-order valence-electron chi connectivity index (χ3n) is 4.67. The molecule has 6 nitrogen and oxygen atoms in total. The summed E-state index contributed by atoms with van der Waals surface area (Å²) < 4.78 is 0. The minimum Gasteiger partial charge on any atom is -0.363 e. The van der Waals surface area contributed by atoms with E-state index in [0.717, 1.165) is 43.4 Å². The van der Waals surface area contributed by atoms with Gasteiger partial charge in [-0.25, -0.2) is 4.98 Å². The Kier molecular flexibility index (Phi) is 6.85. The van der Waals surface area contributed by atoms with Crippen molar-refractivity contribution in [2.75, 3.05) is 39.1 Å². The van der Waals surface area contributed by atoms with Crippen molar-refractivity contribution in [3.63, 3.8) is 0 Å². The Balaban J connectivity index is 1.86. The molecule has 0 spiro atoms. The van der Waals surface area contributed by atoms with E-state index in [4.69, 9.17) is 0 Å². The fourth-order valence-electron chi connectivity index (χ4n) is 3.20. The number of likely N-dealkylation sites (tertiary alicyclic amines) is 1. The van der Waals surface area contributed by atoms with Crippen LogP contribution in [0.25, 0.3) is 0 Å². The maximum Gasteiger partial charge on any atom is 0.191 e. The van der Waals surface area contributed by atoms with E-state index in [9.17, 15) is 0 Å². The van der Waals surface area contributed by atoms with Crippen molar-refractivity contribution in [1.29, 1.82) is 0 Å². The molecule has 2 rings (SSSR count). The summed E-state index contributed by atoms with van der Waals surface area (Å²) in [5.74, 6) is 1.83. The third-order valence-corrected chi connectivity index (χ3v) is 4.67. The average molecular weight is 332 g/mol. The SMILES string of the molecule is CCN1CCC(NC(=NC)NCc2cccc(N(C)C)n2)CC1C. The molecule has 0 aliphatic carbocycles. The maximum atomic E-state index is 4.63. The van der Waals surface area contributed by atoms with Crippen LogP contribution in [0, 0.1) is 0 Å². The topological polar surface area (TPSA) is 55.8 Å². The number of nitrogens with one attached hydrogen (secondary N) is 2. The molecule has 2 atom stereocenters. The van der Waals surface area contributed by atoms with Gasteiger partial charge < -0.3 is 20.4 Å². The zero-order chi connectivity index (χ0) is 17.5. The molecule has 24 heavy (non-hydrogen) atoms. The molecule has 0 aromatic carbocycles. The number of hydrogen-bond acceptors (Lipinski definition) is 4. The number of piperidine rings is 1. The molecule has 2 unspecified atom stereocenters. The predicted octanol–water partition coefficient (Wildman–Crippen LogP) is 1.69. The van der Waals surface area contributed by atoms with Crippen LogP contribution >= 0.6 is 0 Å². The molecule has 1 aliphatic rings. The minimum atomic E-state index is 0.482. The molecule has 0 radical (unpaired) electrons. The zero-order valence-electron chi connectivity index (χ0n) is 15.7. The first-order valence-electron chi connectivity index (χ1n) is 8.88. The van der Waals surface area contributed by atoms with Gasteiger partial charge in [0.15, 0.2) is 5.96 Å². The van der Waals surface area contributed by atoms with Crippen molar-refractivity contribution < 1.29 is 0 Å². The van der Waals surface area contributed by atoms with Crippen molar-refractivity contribution in [1.82, 2.24) is 20.5 Å². The molecule has 0 saturated carbocycles. The van der Waals surface area contributed by atoms with Crippen molar-refractivity contribution in [2.45, 2.75) is 45.3 Å². The van der Waals surface area contributed by atoms with E-state index in [-0.39, 0.29) is 0 Å². The first-order chi connectivity index (χ1) is 11.5. The van der Waals surface area contributed by atoms with Crippen LogP contribution in [0.15, 0.2) is 23.2 Å². The van der Waals surface area contributed by atoms with Gasteiger partial charge in [0.25, 0.3) is 0 Å². The fraction of sp³-hybridized carbons (Fsp3) is 0.667. The molecular formula is C18H32N6. The molecular weight excluding hydrogens is 300 g/mol. The highest BCUT2D eigenvalue weighted by Crippen LogP contribution is 2.16. The molecule has 0 amide bonds. The van der Waals surface area contributed by atoms with Crippen molar-refractivity contribution in [3.05, 3.63) is 23.9 Å². The Hall–Kier alpha value is -1.82. The van der Waals surface area contributed by atoms with E-state index in [0.29, 0.717) is 18.6 Å². The standard InChI is InChI=1S/C18H32N6/c1-6-24-11-10-15(12-14(24)2)22-18(19-3)20-13-16-8-7-9-17(21-16)23(4)5/h7-9,14-15H,6,10-13H2,1-5H3,(H2,19,20,22). The maximum absolute atomic E-state index is 4.63. The van der Waals surface area contributed by atoms with Gasteiger partial charge in [-0.2, -0.15) is 0 Å². The summed E-state index contributed by atoms with van der Waals surface area (Å²) >= 11 is 0. The molecule has 1 aliphatic heterocycles. The van der Waals surface area contributed by atoms with Gasteiger partial charge in [0.2, 0.25) is 0 Å². The molecule has 1 aromatic rings. The minimum absolute atomic E-state index is 0.482. The first kappa shape index (κ1) is 18.5. The van der Waals surface area contributed by atoms with Crippen LogP contribution in [0.2, 0.25) is 0 Å². The first-order valence-corrected chi connectivity index (χ1v) is 8.88. The molecule has 2 N–H and O–H groups in total. The highest BCUT2D eigenvalue weighted by molar-refractivity contribution is 5.79. The van der Waals surface area contributed by atoms with Gasteiger partial charge in [-0.05, 0) is 38.4 Å². The van der Waals surface area contributed by atoms with Crippen LogP contribution in [0.3, 0.4) is 0 Å². The van der Waals surface area contributed by atoms with Gasteiger partial charge >= 0.3 is 0 Å². The lowest BCUT2D eigenvalue weighted by Gasteiger charge is -2.37. The molecule has 6 heteroatoms. The summed E-state index contributed by atoms with van der Waals surface area (Å²) in [5.41, 5.74) is 1.01. The highest BCUT2D eigenvalue weighted by Gasteiger charge is 2.24. The Labute approximate surface area is 146 Å². The summed E-state index contributed by atoms with van der Waals surface area (Å²) in [6.45, 7) is 7.50. The van der Waals surface area contributed by atoms with Crippen molar-refractivity contribution in [3.8, 4) is 0 Å². The lowest BCUT2D eigenvalue weighted by Crippen LogP contribution is -2.51. The number of anilines is 1. The number of pyridine rings is 1. The van der Waals surface area contributed by atoms with Crippen LogP contribution in [-0.2, 0) is 6.54 Å². The number of aromatic nitrogens is 1. The van der Waals surface area contributed by atoms with Crippen molar-refractivity contribution >= 4 is 11.8 Å². The Morgan fingerprint density at radius 1 is 1.42 bits per heavy atom. The second-order valence-corrected chi connectivity index (χ2v) is 6.65. The van der Waals surface area contributed by atoms with E-state index in [1.54, 1.807) is 0 Å². The van der Waals surface area contributed by atoms with Crippen LogP contribution in [0.5, 0.6) is 0 Å². The lowest BCUT2D eigenvalue weighted by molar-refractivity contribution is 0.149. The Morgan fingerprint density at radius 3 is 2.83 bits per heavy atom. The summed E-state index contributed by atoms with van der Waals surface area (Å²) in [4.78, 5) is 13.5. The van der Waals surface area contributed by atoms with Gasteiger partial charge in [0.05, 0.1) is 12.2 Å². The second-order valence-electron chi connectivity index (χ2n) is 6.65. The fourth-order valence-corrected chi connectivity index (χ4v) is 3.20. The smallest absolute Gasteiger partial charge is 0.191 e. The number of rotatable bonds is 5. The number of nitrogens with zero attached hydrogens (tertiary/aromatic N) is 4. The van der Waals surface area contributed by atoms with E-state index < -0.39 is 0 Å². The summed E-state index contributed by atoms with van der Waals surface area (Å²) in [6.07, 6.45) is 2.32. The monoisotopic (exact) mass is 332 g/mol. The number of guanidine groups is 1. The molecule has 2 heterocycles. The highest BCUT2D eigenvalue weighted by atomic mass is 15.2. The van der Waals surface area contributed by atoms with Crippen LogP contribution in [0.4, 0.5) is 5.82 Å². The van der Waals surface area contributed by atoms with Crippen LogP contribution in [0.1, 0.15) is 32.4 Å². The quantitative estimate of drug-likeness (QED) is 0.635. The summed E-state index contributed by atoms with van der Waals surface area (Å²) in [7, 11) is 5.83. The van der Waals surface area contributed by atoms with E-state index in [2.05, 4.69) is 39.4 Å². The van der Waals surface area contributed by atoms with E-state index in [1.165, 1.54) is 0 Å². The molecule has 134 valence electrons. The average Bonchev–Trinajstić information content (AvgIpc) is 2.59. The number of hydrogen-bond donors (Lipinski definition) is 2. The van der Waals surface area contributed by atoms with Gasteiger partial charge in [0.1, 0.15) is 5.82 Å². The van der Waals surface area contributed by atoms with Gasteiger partial charge in [0, 0.05) is 39.8 Å². The predicted molar refractivity (Wildman–Crippen MR) is 102 cm³/mol. The Bertz CT molecular complexity index is 542. The van der Waals surface area contributed by atoms with Crippen LogP contribution < -0.4 is 15.5 Å². The lowest BCUT2D eigenvalue weighted by atomic mass is 9.98. The van der Waals surface area contributed by atoms with Crippen LogP contribution in [-0.4, -0.2) is 62.2 Å². The van der Waals surface area contributed by atoms with Crippen molar-refractivity contribution in [2.24, 2.45) is 4.99 Å². The molecule has 1 saturated heterocycles. The third kappa shape index (κ3) is 5.09. The largest absolute Gasteiger partial charge is 0.363 e. The normalized spacial score (nSPS) is 22.3. The second kappa shape index (κ2) is 8.87. The van der Waals surface area contributed by atoms with Gasteiger partial charge in [-0.1, -0.05) is 13.0 Å². The molecule has 0 bridgehead atoms.